The number of benzene rings is 1. The van der Waals surface area contributed by atoms with Crippen LogP contribution in [0.1, 0.15) is 47.5 Å². The minimum atomic E-state index is -0.487. The van der Waals surface area contributed by atoms with Crippen molar-refractivity contribution in [3.05, 3.63) is 81.5 Å². The predicted molar refractivity (Wildman–Crippen MR) is 108 cm³/mol. The Hall–Kier alpha value is -2.99. The van der Waals surface area contributed by atoms with Crippen LogP contribution >= 0.6 is 11.6 Å². The molecule has 2 heterocycles. The van der Waals surface area contributed by atoms with Gasteiger partial charge in [0.1, 0.15) is 5.02 Å². The van der Waals surface area contributed by atoms with Crippen molar-refractivity contribution in [2.24, 2.45) is 0 Å². The SMILES string of the molecule is O=C(Nc1cnn(-c2ccc(C3CCCC3)cc2)c(=O)c1Cl)c1cccnc1. The highest BCUT2D eigenvalue weighted by Crippen LogP contribution is 2.34. The summed E-state index contributed by atoms with van der Waals surface area (Å²) >= 11 is 6.21. The Bertz CT molecular complexity index is 1040. The van der Waals surface area contributed by atoms with E-state index in [2.05, 4.69) is 15.4 Å². The topological polar surface area (TPSA) is 76.9 Å². The van der Waals surface area contributed by atoms with Crippen molar-refractivity contribution in [2.75, 3.05) is 5.32 Å². The molecule has 1 aromatic carbocycles. The molecule has 1 saturated carbocycles. The van der Waals surface area contributed by atoms with Crippen LogP contribution in [0.3, 0.4) is 0 Å². The number of carbonyl (C=O) groups is 1. The van der Waals surface area contributed by atoms with Crippen LogP contribution in [0, 0.1) is 0 Å². The first-order valence-electron chi connectivity index (χ1n) is 9.23. The monoisotopic (exact) mass is 394 g/mol. The molecule has 1 amide bonds. The fourth-order valence-electron chi connectivity index (χ4n) is 3.54. The third-order valence-corrected chi connectivity index (χ3v) is 5.42. The zero-order valence-electron chi connectivity index (χ0n) is 15.1. The first kappa shape index (κ1) is 18.4. The Morgan fingerprint density at radius 1 is 1.11 bits per heavy atom. The van der Waals surface area contributed by atoms with Crippen LogP contribution in [0.25, 0.3) is 5.69 Å². The number of anilines is 1. The minimum absolute atomic E-state index is 0.0906. The van der Waals surface area contributed by atoms with E-state index in [1.165, 1.54) is 48.3 Å². The van der Waals surface area contributed by atoms with Crippen molar-refractivity contribution in [3.63, 3.8) is 0 Å². The van der Waals surface area contributed by atoms with E-state index in [9.17, 15) is 9.59 Å². The summed E-state index contributed by atoms with van der Waals surface area (Å²) in [6.07, 6.45) is 9.37. The van der Waals surface area contributed by atoms with Crippen molar-refractivity contribution in [2.45, 2.75) is 31.6 Å². The fourth-order valence-corrected chi connectivity index (χ4v) is 3.72. The van der Waals surface area contributed by atoms with E-state index in [0.29, 0.717) is 17.2 Å². The highest BCUT2D eigenvalue weighted by Gasteiger charge is 2.18. The molecule has 0 atom stereocenters. The zero-order chi connectivity index (χ0) is 19.5. The van der Waals surface area contributed by atoms with Gasteiger partial charge in [0, 0.05) is 12.4 Å². The molecule has 1 fully saturated rings. The smallest absolute Gasteiger partial charge is 0.292 e. The van der Waals surface area contributed by atoms with Crippen LogP contribution < -0.4 is 10.9 Å². The van der Waals surface area contributed by atoms with Crippen molar-refractivity contribution in [1.82, 2.24) is 14.8 Å². The molecule has 0 spiro atoms. The summed E-state index contributed by atoms with van der Waals surface area (Å²) in [5.41, 5.74) is 1.98. The normalized spacial score (nSPS) is 14.2. The molecule has 142 valence electrons. The molecule has 1 aliphatic rings. The molecule has 7 heteroatoms. The Labute approximate surface area is 167 Å². The standard InChI is InChI=1S/C21H19ClN4O2/c22-19-18(25-20(27)16-6-3-11-23-12-16)13-24-26(21(19)28)17-9-7-15(8-10-17)14-4-1-2-5-14/h3,6-14H,1-2,4-5H2,(H,25,27). The predicted octanol–water partition coefficient (Wildman–Crippen LogP) is 4.19. The highest BCUT2D eigenvalue weighted by molar-refractivity contribution is 6.33. The quantitative estimate of drug-likeness (QED) is 0.719. The average molecular weight is 395 g/mol. The lowest BCUT2D eigenvalue weighted by Gasteiger charge is -2.12. The molecule has 0 saturated heterocycles. The number of hydrogen-bond acceptors (Lipinski definition) is 4. The Morgan fingerprint density at radius 2 is 1.86 bits per heavy atom. The number of pyridine rings is 1. The van der Waals surface area contributed by atoms with Gasteiger partial charge in [-0.3, -0.25) is 14.6 Å². The van der Waals surface area contributed by atoms with E-state index in [0.717, 1.165) is 0 Å². The van der Waals surface area contributed by atoms with E-state index in [-0.39, 0.29) is 10.7 Å². The average Bonchev–Trinajstić information content (AvgIpc) is 3.27. The number of hydrogen-bond donors (Lipinski definition) is 1. The second-order valence-corrected chi connectivity index (χ2v) is 7.24. The van der Waals surface area contributed by atoms with Crippen molar-refractivity contribution < 1.29 is 4.79 Å². The fraction of sp³-hybridized carbons (Fsp3) is 0.238. The van der Waals surface area contributed by atoms with E-state index in [4.69, 9.17) is 11.6 Å². The van der Waals surface area contributed by atoms with Crippen molar-refractivity contribution in [1.29, 1.82) is 0 Å². The molecular weight excluding hydrogens is 376 g/mol. The molecule has 3 aromatic rings. The van der Waals surface area contributed by atoms with E-state index < -0.39 is 11.5 Å². The summed E-state index contributed by atoms with van der Waals surface area (Å²) in [7, 11) is 0. The molecule has 0 aliphatic heterocycles. The van der Waals surface area contributed by atoms with Crippen LogP contribution in [0.5, 0.6) is 0 Å². The van der Waals surface area contributed by atoms with Crippen LogP contribution in [0.4, 0.5) is 5.69 Å². The lowest BCUT2D eigenvalue weighted by atomic mass is 9.98. The molecule has 6 nitrogen and oxygen atoms in total. The minimum Gasteiger partial charge on any atom is -0.319 e. The second kappa shape index (κ2) is 7.94. The maximum absolute atomic E-state index is 12.7. The number of halogens is 1. The van der Waals surface area contributed by atoms with Gasteiger partial charge in [-0.2, -0.15) is 9.78 Å². The second-order valence-electron chi connectivity index (χ2n) is 6.86. The molecule has 1 N–H and O–H groups in total. The van der Waals surface area contributed by atoms with Crippen LogP contribution in [-0.2, 0) is 0 Å². The lowest BCUT2D eigenvalue weighted by Crippen LogP contribution is -2.24. The van der Waals surface area contributed by atoms with Gasteiger partial charge in [-0.25, -0.2) is 0 Å². The van der Waals surface area contributed by atoms with E-state index in [1.54, 1.807) is 18.3 Å². The summed E-state index contributed by atoms with van der Waals surface area (Å²) in [6, 6.07) is 11.1. The molecule has 0 bridgehead atoms. The number of carbonyl (C=O) groups excluding carboxylic acids is 1. The summed E-state index contributed by atoms with van der Waals surface area (Å²) in [5, 5.41) is 6.69. The zero-order valence-corrected chi connectivity index (χ0v) is 15.9. The van der Waals surface area contributed by atoms with E-state index in [1.807, 2.05) is 24.3 Å². The highest BCUT2D eigenvalue weighted by atomic mass is 35.5. The Morgan fingerprint density at radius 3 is 2.54 bits per heavy atom. The Balaban J connectivity index is 1.57. The third-order valence-electron chi connectivity index (χ3n) is 5.06. The maximum atomic E-state index is 12.7. The summed E-state index contributed by atoms with van der Waals surface area (Å²) in [6.45, 7) is 0. The summed E-state index contributed by atoms with van der Waals surface area (Å²) in [4.78, 5) is 28.8. The van der Waals surface area contributed by atoms with Gasteiger partial charge in [-0.1, -0.05) is 36.6 Å². The van der Waals surface area contributed by atoms with E-state index >= 15 is 0 Å². The molecule has 0 radical (unpaired) electrons. The van der Waals surface area contributed by atoms with Crippen LogP contribution in [0.2, 0.25) is 5.02 Å². The third kappa shape index (κ3) is 3.68. The Kier molecular flexibility index (Phi) is 5.21. The number of nitrogens with one attached hydrogen (secondary N) is 1. The number of aromatic nitrogens is 3. The first-order chi connectivity index (χ1) is 13.6. The lowest BCUT2D eigenvalue weighted by molar-refractivity contribution is 0.102. The van der Waals surface area contributed by atoms with Gasteiger partial charge in [0.15, 0.2) is 0 Å². The number of nitrogens with zero attached hydrogens (tertiary/aromatic N) is 3. The summed E-state index contributed by atoms with van der Waals surface area (Å²) in [5.74, 6) is 0.197. The van der Waals surface area contributed by atoms with Gasteiger partial charge in [0.05, 0.1) is 23.1 Å². The van der Waals surface area contributed by atoms with Gasteiger partial charge in [0.25, 0.3) is 11.5 Å². The first-order valence-corrected chi connectivity index (χ1v) is 9.61. The summed E-state index contributed by atoms with van der Waals surface area (Å²) < 4.78 is 1.24. The largest absolute Gasteiger partial charge is 0.319 e. The van der Waals surface area contributed by atoms with Gasteiger partial charge < -0.3 is 5.32 Å². The molecular formula is C21H19ClN4O2. The van der Waals surface area contributed by atoms with Crippen LogP contribution in [-0.4, -0.2) is 20.7 Å². The molecule has 0 unspecified atom stereocenters. The maximum Gasteiger partial charge on any atom is 0.292 e. The number of rotatable bonds is 4. The van der Waals surface area contributed by atoms with Crippen molar-refractivity contribution in [3.8, 4) is 5.69 Å². The van der Waals surface area contributed by atoms with Crippen LogP contribution in [0.15, 0.2) is 59.8 Å². The molecule has 1 aliphatic carbocycles. The number of amides is 1. The van der Waals surface area contributed by atoms with Gasteiger partial charge in [-0.05, 0) is 48.6 Å². The van der Waals surface area contributed by atoms with Gasteiger partial charge in [-0.15, -0.1) is 0 Å². The molecule has 2 aromatic heterocycles. The van der Waals surface area contributed by atoms with Crippen molar-refractivity contribution >= 4 is 23.2 Å². The molecule has 4 rings (SSSR count). The molecule has 28 heavy (non-hydrogen) atoms. The van der Waals surface area contributed by atoms with Gasteiger partial charge in [0.2, 0.25) is 0 Å². The van der Waals surface area contributed by atoms with Gasteiger partial charge >= 0.3 is 0 Å².